The van der Waals surface area contributed by atoms with E-state index < -0.39 is 17.6 Å². The van der Waals surface area contributed by atoms with Crippen molar-refractivity contribution < 1.29 is 23.5 Å². The Kier molecular flexibility index (Phi) is 4.82. The Morgan fingerprint density at radius 2 is 2.10 bits per heavy atom. The van der Waals surface area contributed by atoms with E-state index in [1.807, 2.05) is 6.07 Å². The molecule has 3 aromatic rings. The van der Waals surface area contributed by atoms with Gasteiger partial charge in [-0.05, 0) is 49.4 Å². The van der Waals surface area contributed by atoms with Gasteiger partial charge in [0, 0.05) is 29.0 Å². The third kappa shape index (κ3) is 3.60. The summed E-state index contributed by atoms with van der Waals surface area (Å²) in [5.41, 5.74) is 1.55. The number of allylic oxidation sites excluding steroid dienone is 1. The van der Waals surface area contributed by atoms with Gasteiger partial charge >= 0.3 is 5.97 Å². The summed E-state index contributed by atoms with van der Waals surface area (Å²) in [7, 11) is 0. The van der Waals surface area contributed by atoms with Crippen molar-refractivity contribution in [2.24, 2.45) is 0 Å². The quantitative estimate of drug-likeness (QED) is 0.391. The lowest BCUT2D eigenvalue weighted by molar-refractivity contribution is -0.139. The maximum atomic E-state index is 13.2. The van der Waals surface area contributed by atoms with E-state index in [2.05, 4.69) is 15.3 Å². The van der Waals surface area contributed by atoms with E-state index in [0.717, 1.165) is 5.39 Å². The van der Waals surface area contributed by atoms with E-state index in [1.54, 1.807) is 25.4 Å². The molecular weight excluding hydrogens is 377 g/mol. The third-order valence-corrected chi connectivity index (χ3v) is 4.24. The highest BCUT2D eigenvalue weighted by atomic mass is 19.1. The molecule has 0 radical (unpaired) electrons. The average molecular weight is 393 g/mol. The van der Waals surface area contributed by atoms with E-state index in [1.165, 1.54) is 30.3 Å². The number of ketones is 1. The fourth-order valence-corrected chi connectivity index (χ4v) is 2.91. The normalized spacial score (nSPS) is 15.1. The van der Waals surface area contributed by atoms with E-state index in [-0.39, 0.29) is 23.8 Å². The van der Waals surface area contributed by atoms with Gasteiger partial charge in [-0.3, -0.25) is 4.79 Å². The van der Waals surface area contributed by atoms with Crippen LogP contribution in [-0.4, -0.2) is 28.3 Å². The molecule has 0 atom stereocenters. The predicted molar refractivity (Wildman–Crippen MR) is 104 cm³/mol. The van der Waals surface area contributed by atoms with Gasteiger partial charge in [-0.2, -0.15) is 0 Å². The molecule has 3 heterocycles. The highest BCUT2D eigenvalue weighted by Gasteiger charge is 2.37. The first-order valence-corrected chi connectivity index (χ1v) is 8.87. The molecule has 1 aromatic carbocycles. The molecule has 0 fully saturated rings. The van der Waals surface area contributed by atoms with Crippen LogP contribution >= 0.6 is 0 Å². The summed E-state index contributed by atoms with van der Waals surface area (Å²) in [6, 6.07) is 9.05. The lowest BCUT2D eigenvalue weighted by atomic mass is 10.1. The summed E-state index contributed by atoms with van der Waals surface area (Å²) in [6.07, 6.45) is 4.87. The summed E-state index contributed by atoms with van der Waals surface area (Å²) >= 11 is 0. The zero-order valence-corrected chi connectivity index (χ0v) is 15.4. The van der Waals surface area contributed by atoms with Gasteiger partial charge in [0.25, 0.3) is 0 Å². The number of rotatable bonds is 5. The number of nitrogens with zero attached hydrogens (tertiary/aromatic N) is 1. The number of benzene rings is 1. The number of nitrogens with one attached hydrogen (secondary N) is 2. The monoisotopic (exact) mass is 393 g/mol. The van der Waals surface area contributed by atoms with Crippen molar-refractivity contribution in [2.45, 2.75) is 6.92 Å². The molecule has 7 nitrogen and oxygen atoms in total. The fraction of sp³-hybridized carbons (Fsp3) is 0.0952. The average Bonchev–Trinajstić information content (AvgIpc) is 3.25. The maximum Gasteiger partial charge on any atom is 0.347 e. The Morgan fingerprint density at radius 1 is 1.31 bits per heavy atom. The van der Waals surface area contributed by atoms with Crippen LogP contribution < -0.4 is 5.32 Å². The number of hydrogen-bond acceptors (Lipinski definition) is 6. The zero-order valence-electron chi connectivity index (χ0n) is 15.4. The Balaban J connectivity index is 1.70. The van der Waals surface area contributed by atoms with Crippen molar-refractivity contribution in [1.29, 1.82) is 0 Å². The fourth-order valence-electron chi connectivity index (χ4n) is 2.91. The number of aromatic nitrogens is 2. The third-order valence-electron chi connectivity index (χ3n) is 4.24. The molecule has 8 heteroatoms. The van der Waals surface area contributed by atoms with Gasteiger partial charge < -0.3 is 19.8 Å². The number of anilines is 1. The van der Waals surface area contributed by atoms with Crippen molar-refractivity contribution in [3.05, 3.63) is 77.4 Å². The van der Waals surface area contributed by atoms with Gasteiger partial charge in [0.15, 0.2) is 11.3 Å². The number of hydrogen-bond donors (Lipinski definition) is 2. The lowest BCUT2D eigenvalue weighted by Crippen LogP contribution is -2.16. The first-order valence-electron chi connectivity index (χ1n) is 8.87. The number of esters is 1. The van der Waals surface area contributed by atoms with Crippen LogP contribution in [0.4, 0.5) is 10.1 Å². The lowest BCUT2D eigenvalue weighted by Gasteiger charge is -2.08. The van der Waals surface area contributed by atoms with Gasteiger partial charge in [-0.1, -0.05) is 0 Å². The number of H-pyrrole nitrogens is 1. The smallest absolute Gasteiger partial charge is 0.347 e. The van der Waals surface area contributed by atoms with E-state index in [9.17, 15) is 14.0 Å². The Labute approximate surface area is 164 Å². The van der Waals surface area contributed by atoms with Crippen LogP contribution in [0.15, 0.2) is 66.0 Å². The minimum Gasteiger partial charge on any atom is -0.462 e. The molecule has 29 heavy (non-hydrogen) atoms. The van der Waals surface area contributed by atoms with Crippen molar-refractivity contribution >= 4 is 34.5 Å². The number of Topliss-reactive ketones (excluding diaryl/α,β-unsaturated/α-hetero) is 1. The van der Waals surface area contributed by atoms with Crippen molar-refractivity contribution in [3.8, 4) is 0 Å². The number of aromatic amines is 1. The molecule has 146 valence electrons. The molecule has 1 aliphatic rings. The summed E-state index contributed by atoms with van der Waals surface area (Å²) in [4.78, 5) is 32.4. The Hall–Kier alpha value is -3.94. The molecule has 4 rings (SSSR count). The number of carbonyl (C=O) groups is 2. The van der Waals surface area contributed by atoms with Crippen LogP contribution in [-0.2, 0) is 19.1 Å². The van der Waals surface area contributed by atoms with Crippen LogP contribution in [0, 0.1) is 5.82 Å². The topological polar surface area (TPSA) is 93.3 Å². The molecule has 2 N–H and O–H groups in total. The highest BCUT2D eigenvalue weighted by Crippen LogP contribution is 2.30. The molecule has 0 saturated heterocycles. The Bertz CT molecular complexity index is 1160. The molecule has 2 aromatic heterocycles. The highest BCUT2D eigenvalue weighted by molar-refractivity contribution is 6.26. The van der Waals surface area contributed by atoms with Gasteiger partial charge in [-0.15, -0.1) is 0 Å². The van der Waals surface area contributed by atoms with E-state index in [4.69, 9.17) is 9.47 Å². The van der Waals surface area contributed by atoms with Crippen LogP contribution in [0.2, 0.25) is 0 Å². The summed E-state index contributed by atoms with van der Waals surface area (Å²) in [6.45, 7) is 1.74. The van der Waals surface area contributed by atoms with Crippen LogP contribution in [0.1, 0.15) is 12.5 Å². The molecule has 0 aliphatic carbocycles. The van der Waals surface area contributed by atoms with Crippen molar-refractivity contribution in [3.63, 3.8) is 0 Å². The van der Waals surface area contributed by atoms with Crippen LogP contribution in [0.3, 0.4) is 0 Å². The van der Waals surface area contributed by atoms with E-state index in [0.29, 0.717) is 16.9 Å². The Morgan fingerprint density at radius 3 is 2.86 bits per heavy atom. The van der Waals surface area contributed by atoms with Crippen LogP contribution in [0.25, 0.3) is 17.1 Å². The largest absolute Gasteiger partial charge is 0.462 e. The summed E-state index contributed by atoms with van der Waals surface area (Å²) in [5, 5.41) is 3.64. The van der Waals surface area contributed by atoms with E-state index >= 15 is 0 Å². The second-order valence-electron chi connectivity index (χ2n) is 6.14. The molecule has 0 bridgehead atoms. The van der Waals surface area contributed by atoms with Gasteiger partial charge in [0.05, 0.1) is 6.61 Å². The number of halogens is 1. The maximum absolute atomic E-state index is 13.2. The van der Waals surface area contributed by atoms with Crippen molar-refractivity contribution in [1.82, 2.24) is 9.97 Å². The number of fused-ring (bicyclic) bond motifs is 1. The van der Waals surface area contributed by atoms with Crippen LogP contribution in [0.5, 0.6) is 0 Å². The molecule has 0 spiro atoms. The summed E-state index contributed by atoms with van der Waals surface area (Å²) in [5.74, 6) is -1.92. The standard InChI is InChI=1S/C21H16FN3O4/c1-2-28-21(27)17-18(26)16(10-12-11-24-19-15(12)4-3-9-23-19)29-20(17)25-14-7-5-13(22)6-8-14/h3-11,25H,2H2,1H3,(H,23,24). The number of pyridine rings is 1. The van der Waals surface area contributed by atoms with Gasteiger partial charge in [0.1, 0.15) is 11.5 Å². The minimum absolute atomic E-state index is 0.0394. The van der Waals surface area contributed by atoms with Crippen molar-refractivity contribution in [2.75, 3.05) is 11.9 Å². The molecule has 0 amide bonds. The predicted octanol–water partition coefficient (Wildman–Crippen LogP) is 3.53. The molecule has 1 aliphatic heterocycles. The summed E-state index contributed by atoms with van der Waals surface area (Å²) < 4.78 is 23.8. The number of carbonyl (C=O) groups excluding carboxylic acids is 2. The second-order valence-corrected chi connectivity index (χ2v) is 6.14. The first kappa shape index (κ1) is 18.4. The minimum atomic E-state index is -0.800. The van der Waals surface area contributed by atoms with Gasteiger partial charge in [0.2, 0.25) is 11.7 Å². The zero-order chi connectivity index (χ0) is 20.4. The van der Waals surface area contributed by atoms with Gasteiger partial charge in [-0.25, -0.2) is 14.2 Å². The number of ether oxygens (including phenoxy) is 2. The first-order chi connectivity index (χ1) is 14.1. The SMILES string of the molecule is CCOC(=O)C1=C(Nc2ccc(F)cc2)OC(=Cc2c[nH]c3ncccc23)C1=O. The molecule has 0 unspecified atom stereocenters. The molecular formula is C21H16FN3O4. The molecule has 0 saturated carbocycles. The second kappa shape index (κ2) is 7.59.